The minimum absolute atomic E-state index is 0.356. The molecular weight excluding hydrogens is 460 g/mol. The summed E-state index contributed by atoms with van der Waals surface area (Å²) in [5.74, 6) is 1.11. The molecule has 7 nitrogen and oxygen atoms in total. The van der Waals surface area contributed by atoms with Gasteiger partial charge >= 0.3 is 0 Å². The van der Waals surface area contributed by atoms with Gasteiger partial charge in [-0.1, -0.05) is 61.3 Å². The topological polar surface area (TPSA) is 77.2 Å². The minimum atomic E-state index is 0.356. The van der Waals surface area contributed by atoms with E-state index in [4.69, 9.17) is 21.3 Å². The average Bonchev–Trinajstić information content (AvgIpc) is 3.20. The highest BCUT2D eigenvalue weighted by Gasteiger charge is 2.14. The molecule has 5 rings (SSSR count). The summed E-state index contributed by atoms with van der Waals surface area (Å²) in [4.78, 5) is 4.70. The monoisotopic (exact) mass is 484 g/mol. The molecule has 1 N–H and O–H groups in total. The third kappa shape index (κ3) is 5.10. The summed E-state index contributed by atoms with van der Waals surface area (Å²) in [6.07, 6.45) is 3.88. The zero-order valence-electron chi connectivity index (χ0n) is 19.4. The lowest BCUT2D eigenvalue weighted by atomic mass is 10.2. The van der Waals surface area contributed by atoms with Crippen LogP contribution >= 0.6 is 11.6 Å². The first-order valence-corrected chi connectivity index (χ1v) is 12.0. The lowest BCUT2D eigenvalue weighted by molar-refractivity contribution is 0.306. The van der Waals surface area contributed by atoms with E-state index in [1.165, 1.54) is 0 Å². The average molecular weight is 485 g/mol. The molecule has 5 aromatic rings. The van der Waals surface area contributed by atoms with Gasteiger partial charge in [0, 0.05) is 22.5 Å². The summed E-state index contributed by atoms with van der Waals surface area (Å²) < 4.78 is 8.04. The first kappa shape index (κ1) is 22.8. The predicted molar refractivity (Wildman–Crippen MR) is 141 cm³/mol. The van der Waals surface area contributed by atoms with E-state index in [0.29, 0.717) is 17.6 Å². The molecule has 0 amide bonds. The van der Waals surface area contributed by atoms with Crippen molar-refractivity contribution in [1.82, 2.24) is 19.7 Å². The number of nitrogens with zero attached hydrogens (tertiary/aromatic N) is 5. The minimum Gasteiger partial charge on any atom is -0.489 e. The molecule has 0 radical (unpaired) electrons. The Morgan fingerprint density at radius 1 is 1.00 bits per heavy atom. The zero-order valence-corrected chi connectivity index (χ0v) is 20.1. The van der Waals surface area contributed by atoms with Crippen LogP contribution in [-0.2, 0) is 13.2 Å². The number of aryl methyl sites for hydroxylation is 1. The Labute approximate surface area is 208 Å². The summed E-state index contributed by atoms with van der Waals surface area (Å²) in [5, 5.41) is 14.7. The molecule has 0 fully saturated rings. The van der Waals surface area contributed by atoms with Crippen LogP contribution in [-0.4, -0.2) is 26.0 Å². The number of fused-ring (bicyclic) bond motifs is 3. The first-order valence-electron chi connectivity index (χ1n) is 11.6. The largest absolute Gasteiger partial charge is 0.489 e. The van der Waals surface area contributed by atoms with Crippen LogP contribution in [0.15, 0.2) is 77.9 Å². The van der Waals surface area contributed by atoms with Crippen molar-refractivity contribution in [1.29, 1.82) is 0 Å². The summed E-state index contributed by atoms with van der Waals surface area (Å²) in [5.41, 5.74) is 7.50. The molecule has 2 aromatic heterocycles. The highest BCUT2D eigenvalue weighted by Crippen LogP contribution is 2.26. The number of benzene rings is 3. The second kappa shape index (κ2) is 10.5. The van der Waals surface area contributed by atoms with Gasteiger partial charge in [-0.2, -0.15) is 10.1 Å². The fourth-order valence-electron chi connectivity index (χ4n) is 3.88. The van der Waals surface area contributed by atoms with E-state index in [0.717, 1.165) is 58.3 Å². The number of hydrogen-bond donors (Lipinski definition) is 1. The van der Waals surface area contributed by atoms with E-state index in [9.17, 15) is 0 Å². The van der Waals surface area contributed by atoms with Crippen molar-refractivity contribution in [2.24, 2.45) is 5.10 Å². The van der Waals surface area contributed by atoms with E-state index in [1.807, 2.05) is 60.7 Å². The number of anilines is 1. The van der Waals surface area contributed by atoms with Gasteiger partial charge in [-0.15, -0.1) is 10.2 Å². The molecule has 3 aromatic carbocycles. The molecule has 2 heterocycles. The summed E-state index contributed by atoms with van der Waals surface area (Å²) in [7, 11) is 0. The van der Waals surface area contributed by atoms with Crippen molar-refractivity contribution < 1.29 is 4.74 Å². The van der Waals surface area contributed by atoms with Crippen LogP contribution in [0.5, 0.6) is 5.75 Å². The maximum absolute atomic E-state index is 6.19. The number of rotatable bonds is 9. The molecule has 0 atom stereocenters. The van der Waals surface area contributed by atoms with Gasteiger partial charge in [0.25, 0.3) is 5.95 Å². The molecule has 176 valence electrons. The Kier molecular flexibility index (Phi) is 6.86. The second-order valence-corrected chi connectivity index (χ2v) is 8.56. The van der Waals surface area contributed by atoms with E-state index in [-0.39, 0.29) is 0 Å². The van der Waals surface area contributed by atoms with Crippen LogP contribution in [0.4, 0.5) is 5.95 Å². The van der Waals surface area contributed by atoms with Crippen molar-refractivity contribution in [2.45, 2.75) is 32.9 Å². The summed E-state index contributed by atoms with van der Waals surface area (Å²) in [6, 6.07) is 23.5. The molecular formula is C27H25ClN6O. The number of aromatic nitrogens is 4. The van der Waals surface area contributed by atoms with Crippen molar-refractivity contribution in [3.05, 3.63) is 88.9 Å². The number of ether oxygens (including phenoxy) is 1. The zero-order chi connectivity index (χ0) is 24.0. The third-order valence-corrected chi connectivity index (χ3v) is 6.09. The molecule has 0 unspecified atom stereocenters. The Hall–Kier alpha value is -3.97. The summed E-state index contributed by atoms with van der Waals surface area (Å²) >= 11 is 6.19. The molecule has 0 saturated heterocycles. The quantitative estimate of drug-likeness (QED) is 0.192. The Bertz CT molecular complexity index is 1480. The Morgan fingerprint density at radius 3 is 2.63 bits per heavy atom. The predicted octanol–water partition coefficient (Wildman–Crippen LogP) is 6.46. The molecule has 35 heavy (non-hydrogen) atoms. The van der Waals surface area contributed by atoms with Crippen LogP contribution in [0.25, 0.3) is 22.1 Å². The van der Waals surface area contributed by atoms with Gasteiger partial charge in [-0.25, -0.2) is 5.43 Å². The van der Waals surface area contributed by atoms with Gasteiger partial charge < -0.3 is 9.30 Å². The van der Waals surface area contributed by atoms with Crippen molar-refractivity contribution in [3.8, 4) is 5.75 Å². The van der Waals surface area contributed by atoms with Crippen LogP contribution in [0.1, 0.15) is 30.9 Å². The highest BCUT2D eigenvalue weighted by atomic mass is 35.5. The van der Waals surface area contributed by atoms with Crippen LogP contribution in [0.2, 0.25) is 5.02 Å². The highest BCUT2D eigenvalue weighted by molar-refractivity contribution is 6.31. The van der Waals surface area contributed by atoms with Gasteiger partial charge in [0.15, 0.2) is 5.65 Å². The number of para-hydroxylation sites is 1. The van der Waals surface area contributed by atoms with Gasteiger partial charge in [0.1, 0.15) is 17.9 Å². The normalized spacial score (nSPS) is 11.5. The molecule has 0 aliphatic carbocycles. The van der Waals surface area contributed by atoms with E-state index in [2.05, 4.69) is 44.3 Å². The maximum atomic E-state index is 6.19. The van der Waals surface area contributed by atoms with Crippen LogP contribution in [0, 0.1) is 0 Å². The number of unbranched alkanes of at least 4 members (excludes halogenated alkanes) is 1. The second-order valence-electron chi connectivity index (χ2n) is 8.15. The molecule has 0 aliphatic rings. The Balaban J connectivity index is 1.27. The van der Waals surface area contributed by atoms with E-state index in [1.54, 1.807) is 6.21 Å². The number of hydrazone groups is 1. The van der Waals surface area contributed by atoms with E-state index < -0.39 is 0 Å². The number of halogens is 1. The fourth-order valence-corrected chi connectivity index (χ4v) is 4.07. The van der Waals surface area contributed by atoms with Gasteiger partial charge in [0.2, 0.25) is 0 Å². The van der Waals surface area contributed by atoms with Gasteiger partial charge in [0.05, 0.1) is 11.7 Å². The van der Waals surface area contributed by atoms with Crippen molar-refractivity contribution in [3.63, 3.8) is 0 Å². The SMILES string of the molecule is CCCCn1c2ccccc2c2nnc(N/N=C/c3ccc(OCc4ccccc4Cl)cc3)nc21. The number of nitrogens with one attached hydrogen (secondary N) is 1. The lowest BCUT2D eigenvalue weighted by Gasteiger charge is -2.07. The van der Waals surface area contributed by atoms with Gasteiger partial charge in [-0.05, 0) is 48.4 Å². The Morgan fingerprint density at radius 2 is 1.80 bits per heavy atom. The van der Waals surface area contributed by atoms with Crippen LogP contribution in [0.3, 0.4) is 0 Å². The third-order valence-electron chi connectivity index (χ3n) is 5.72. The first-order chi connectivity index (χ1) is 17.2. The molecule has 0 spiro atoms. The molecule has 0 bridgehead atoms. The van der Waals surface area contributed by atoms with Crippen molar-refractivity contribution >= 4 is 45.8 Å². The smallest absolute Gasteiger partial charge is 0.265 e. The maximum Gasteiger partial charge on any atom is 0.265 e. The van der Waals surface area contributed by atoms with Gasteiger partial charge in [-0.3, -0.25) is 0 Å². The lowest BCUT2D eigenvalue weighted by Crippen LogP contribution is -2.03. The van der Waals surface area contributed by atoms with Crippen molar-refractivity contribution in [2.75, 3.05) is 5.43 Å². The molecule has 0 aliphatic heterocycles. The number of hydrogen-bond acceptors (Lipinski definition) is 6. The molecule has 0 saturated carbocycles. The fraction of sp³-hybridized carbons (Fsp3) is 0.185. The molecule has 8 heteroatoms. The van der Waals surface area contributed by atoms with Crippen LogP contribution < -0.4 is 10.2 Å². The standard InChI is InChI=1S/C27H25ClN6O/c1-2-3-16-34-24-11-7-5-9-22(24)25-26(34)30-27(33-31-25)32-29-17-19-12-14-21(15-13-19)35-18-20-8-4-6-10-23(20)28/h4-15,17H,2-3,16,18H2,1H3,(H,30,32,33)/b29-17+. The summed E-state index contributed by atoms with van der Waals surface area (Å²) in [6.45, 7) is 3.48. The van der Waals surface area contributed by atoms with E-state index >= 15 is 0 Å².